The van der Waals surface area contributed by atoms with Crippen LogP contribution in [0.3, 0.4) is 0 Å². The Labute approximate surface area is 110 Å². The van der Waals surface area contributed by atoms with E-state index in [-0.39, 0.29) is 6.61 Å². The standard InChI is InChI=1S/C15H24N2O/c1-4-10-17(11-12-18)15-9-7-6-8-14(15)13(3)16-5-2/h4,6-9,13,16,18H,1,5,10-12H2,2-3H3. The molecule has 0 amide bonds. The van der Waals surface area contributed by atoms with Gasteiger partial charge in [-0.3, -0.25) is 0 Å². The summed E-state index contributed by atoms with van der Waals surface area (Å²) in [5.74, 6) is 0. The highest BCUT2D eigenvalue weighted by Crippen LogP contribution is 2.26. The Bertz CT molecular complexity index is 365. The van der Waals surface area contributed by atoms with Gasteiger partial charge < -0.3 is 15.3 Å². The zero-order valence-corrected chi connectivity index (χ0v) is 11.4. The van der Waals surface area contributed by atoms with Crippen molar-refractivity contribution in [2.45, 2.75) is 19.9 Å². The second-order valence-electron chi connectivity index (χ2n) is 4.30. The number of aliphatic hydroxyl groups excluding tert-OH is 1. The van der Waals surface area contributed by atoms with Gasteiger partial charge >= 0.3 is 0 Å². The van der Waals surface area contributed by atoms with Crippen LogP contribution in [0.2, 0.25) is 0 Å². The molecule has 0 aliphatic carbocycles. The zero-order valence-electron chi connectivity index (χ0n) is 11.4. The predicted octanol–water partition coefficient (Wildman–Crippen LogP) is 2.34. The number of para-hydroxylation sites is 1. The fourth-order valence-electron chi connectivity index (χ4n) is 2.14. The van der Waals surface area contributed by atoms with Crippen LogP contribution < -0.4 is 10.2 Å². The third kappa shape index (κ3) is 3.86. The van der Waals surface area contributed by atoms with Gasteiger partial charge in [0.05, 0.1) is 6.61 Å². The van der Waals surface area contributed by atoms with Crippen LogP contribution in [0.4, 0.5) is 5.69 Å². The second-order valence-corrected chi connectivity index (χ2v) is 4.30. The fraction of sp³-hybridized carbons (Fsp3) is 0.467. The first-order valence-electron chi connectivity index (χ1n) is 6.53. The number of nitrogens with one attached hydrogen (secondary N) is 1. The molecule has 0 fully saturated rings. The van der Waals surface area contributed by atoms with E-state index >= 15 is 0 Å². The second kappa shape index (κ2) is 7.90. The van der Waals surface area contributed by atoms with E-state index in [1.165, 1.54) is 11.3 Å². The van der Waals surface area contributed by atoms with Crippen molar-refractivity contribution in [3.8, 4) is 0 Å². The molecule has 3 nitrogen and oxygen atoms in total. The summed E-state index contributed by atoms with van der Waals surface area (Å²) in [6.45, 7) is 10.5. The average molecular weight is 248 g/mol. The molecule has 0 heterocycles. The highest BCUT2D eigenvalue weighted by molar-refractivity contribution is 5.55. The smallest absolute Gasteiger partial charge is 0.0606 e. The van der Waals surface area contributed by atoms with E-state index in [1.807, 2.05) is 12.1 Å². The molecule has 1 atom stereocenters. The number of hydrogen-bond donors (Lipinski definition) is 2. The van der Waals surface area contributed by atoms with Gasteiger partial charge in [0.25, 0.3) is 0 Å². The summed E-state index contributed by atoms with van der Waals surface area (Å²) in [4.78, 5) is 2.15. The number of aliphatic hydroxyl groups is 1. The summed E-state index contributed by atoms with van der Waals surface area (Å²) >= 11 is 0. The summed E-state index contributed by atoms with van der Waals surface area (Å²) in [6, 6.07) is 8.62. The van der Waals surface area contributed by atoms with E-state index in [4.69, 9.17) is 5.11 Å². The van der Waals surface area contributed by atoms with Gasteiger partial charge in [0.2, 0.25) is 0 Å². The Morgan fingerprint density at radius 2 is 2.17 bits per heavy atom. The van der Waals surface area contributed by atoms with Crippen molar-refractivity contribution >= 4 is 5.69 Å². The van der Waals surface area contributed by atoms with Crippen molar-refractivity contribution in [2.24, 2.45) is 0 Å². The molecule has 0 saturated heterocycles. The van der Waals surface area contributed by atoms with Crippen LogP contribution in [0.15, 0.2) is 36.9 Å². The highest BCUT2D eigenvalue weighted by atomic mass is 16.3. The molecule has 0 spiro atoms. The lowest BCUT2D eigenvalue weighted by Gasteiger charge is -2.27. The monoisotopic (exact) mass is 248 g/mol. The molecule has 100 valence electrons. The Morgan fingerprint density at radius 1 is 1.44 bits per heavy atom. The highest BCUT2D eigenvalue weighted by Gasteiger charge is 2.13. The van der Waals surface area contributed by atoms with Gasteiger partial charge in [0.15, 0.2) is 0 Å². The first-order valence-corrected chi connectivity index (χ1v) is 6.53. The molecular weight excluding hydrogens is 224 g/mol. The van der Waals surface area contributed by atoms with Gasteiger partial charge in [-0.25, -0.2) is 0 Å². The van der Waals surface area contributed by atoms with Crippen LogP contribution in [-0.2, 0) is 0 Å². The molecule has 0 aromatic heterocycles. The van der Waals surface area contributed by atoms with E-state index in [0.717, 1.165) is 13.1 Å². The topological polar surface area (TPSA) is 35.5 Å². The molecule has 0 bridgehead atoms. The van der Waals surface area contributed by atoms with Crippen molar-refractivity contribution in [1.29, 1.82) is 0 Å². The average Bonchev–Trinajstić information content (AvgIpc) is 2.39. The van der Waals surface area contributed by atoms with Gasteiger partial charge in [-0.05, 0) is 25.1 Å². The molecule has 2 N–H and O–H groups in total. The summed E-state index contributed by atoms with van der Waals surface area (Å²) in [6.07, 6.45) is 1.87. The van der Waals surface area contributed by atoms with Crippen LogP contribution in [-0.4, -0.2) is 31.3 Å². The normalized spacial score (nSPS) is 12.2. The third-order valence-corrected chi connectivity index (χ3v) is 2.97. The zero-order chi connectivity index (χ0) is 13.4. The molecule has 1 rings (SSSR count). The van der Waals surface area contributed by atoms with Crippen LogP contribution in [0, 0.1) is 0 Å². The van der Waals surface area contributed by atoms with E-state index in [2.05, 4.69) is 48.8 Å². The molecule has 1 unspecified atom stereocenters. The first kappa shape index (κ1) is 14.7. The summed E-state index contributed by atoms with van der Waals surface area (Å²) in [7, 11) is 0. The molecule has 0 aliphatic rings. The minimum Gasteiger partial charge on any atom is -0.395 e. The Morgan fingerprint density at radius 3 is 2.78 bits per heavy atom. The predicted molar refractivity (Wildman–Crippen MR) is 78.0 cm³/mol. The maximum Gasteiger partial charge on any atom is 0.0606 e. The number of nitrogens with zero attached hydrogens (tertiary/aromatic N) is 1. The van der Waals surface area contributed by atoms with E-state index in [0.29, 0.717) is 12.6 Å². The van der Waals surface area contributed by atoms with Crippen molar-refractivity contribution in [3.05, 3.63) is 42.5 Å². The quantitative estimate of drug-likeness (QED) is 0.693. The van der Waals surface area contributed by atoms with Crippen LogP contribution in [0.1, 0.15) is 25.5 Å². The van der Waals surface area contributed by atoms with Crippen molar-refractivity contribution in [2.75, 3.05) is 31.1 Å². The Hall–Kier alpha value is -1.32. The van der Waals surface area contributed by atoms with Crippen molar-refractivity contribution in [1.82, 2.24) is 5.32 Å². The molecule has 1 aromatic rings. The maximum absolute atomic E-state index is 9.17. The third-order valence-electron chi connectivity index (χ3n) is 2.97. The maximum atomic E-state index is 9.17. The van der Waals surface area contributed by atoms with E-state index in [1.54, 1.807) is 0 Å². The minimum absolute atomic E-state index is 0.151. The van der Waals surface area contributed by atoms with Gasteiger partial charge in [-0.2, -0.15) is 0 Å². The Balaban J connectivity index is 3.00. The largest absolute Gasteiger partial charge is 0.395 e. The molecule has 1 aromatic carbocycles. The van der Waals surface area contributed by atoms with Gasteiger partial charge in [0.1, 0.15) is 0 Å². The molecule has 0 aliphatic heterocycles. The first-order chi connectivity index (χ1) is 8.74. The lowest BCUT2D eigenvalue weighted by Crippen LogP contribution is -2.29. The molecule has 3 heteroatoms. The molecule has 0 saturated carbocycles. The number of hydrogen-bond acceptors (Lipinski definition) is 3. The van der Waals surface area contributed by atoms with Crippen LogP contribution in [0.5, 0.6) is 0 Å². The van der Waals surface area contributed by atoms with Gasteiger partial charge in [0, 0.05) is 24.8 Å². The lowest BCUT2D eigenvalue weighted by atomic mass is 10.0. The molecular formula is C15H24N2O. The van der Waals surface area contributed by atoms with Crippen LogP contribution >= 0.6 is 0 Å². The van der Waals surface area contributed by atoms with Gasteiger partial charge in [-0.15, -0.1) is 6.58 Å². The lowest BCUT2D eigenvalue weighted by molar-refractivity contribution is 0.303. The number of rotatable bonds is 8. The van der Waals surface area contributed by atoms with Crippen molar-refractivity contribution in [3.63, 3.8) is 0 Å². The summed E-state index contributed by atoms with van der Waals surface area (Å²) in [5.41, 5.74) is 2.43. The van der Waals surface area contributed by atoms with E-state index in [9.17, 15) is 0 Å². The molecule has 0 radical (unpaired) electrons. The molecule has 18 heavy (non-hydrogen) atoms. The fourth-order valence-corrected chi connectivity index (χ4v) is 2.14. The van der Waals surface area contributed by atoms with Crippen LogP contribution in [0.25, 0.3) is 0 Å². The number of benzene rings is 1. The summed E-state index contributed by atoms with van der Waals surface area (Å²) < 4.78 is 0. The number of anilines is 1. The van der Waals surface area contributed by atoms with Gasteiger partial charge in [-0.1, -0.05) is 31.2 Å². The SMILES string of the molecule is C=CCN(CCO)c1ccccc1C(C)NCC. The Kier molecular flexibility index (Phi) is 6.47. The van der Waals surface area contributed by atoms with E-state index < -0.39 is 0 Å². The minimum atomic E-state index is 0.151. The summed E-state index contributed by atoms with van der Waals surface area (Å²) in [5, 5.41) is 12.6. The van der Waals surface area contributed by atoms with Crippen molar-refractivity contribution < 1.29 is 5.11 Å².